The van der Waals surface area contributed by atoms with E-state index in [0.29, 0.717) is 36.9 Å². The smallest absolute Gasteiger partial charge is 0.268 e. The average Bonchev–Trinajstić information content (AvgIpc) is 3.56. The Bertz CT molecular complexity index is 1120. The first-order valence-corrected chi connectivity index (χ1v) is 10.4. The van der Waals surface area contributed by atoms with Gasteiger partial charge in [0.15, 0.2) is 5.82 Å². The number of carbonyl (C=O) groups is 1. The number of thiophene rings is 1. The molecule has 0 saturated carbocycles. The minimum absolute atomic E-state index is 0.00381. The maximum absolute atomic E-state index is 12.9. The fourth-order valence-corrected chi connectivity index (χ4v) is 4.02. The van der Waals surface area contributed by atoms with Crippen LogP contribution in [0, 0.1) is 0 Å². The lowest BCUT2D eigenvalue weighted by molar-refractivity contribution is 0.0624. The van der Waals surface area contributed by atoms with Crippen LogP contribution >= 0.6 is 11.3 Å². The van der Waals surface area contributed by atoms with Crippen LogP contribution in [0.25, 0.3) is 16.5 Å². The Morgan fingerprint density at radius 2 is 2.03 bits per heavy atom. The van der Waals surface area contributed by atoms with Gasteiger partial charge < -0.3 is 9.42 Å². The normalized spacial score (nSPS) is 14.9. The Hall–Kier alpha value is -3.44. The van der Waals surface area contributed by atoms with Crippen molar-refractivity contribution in [3.63, 3.8) is 0 Å². The Morgan fingerprint density at radius 3 is 2.80 bits per heavy atom. The van der Waals surface area contributed by atoms with Crippen LogP contribution in [-0.2, 0) is 6.54 Å². The second kappa shape index (κ2) is 8.13. The zero-order valence-corrected chi connectivity index (χ0v) is 16.8. The predicted octanol–water partition coefficient (Wildman–Crippen LogP) is 1.73. The molecule has 0 radical (unpaired) electrons. The number of nitrogens with zero attached hydrogens (tertiary/aromatic N) is 8. The van der Waals surface area contributed by atoms with Crippen molar-refractivity contribution in [2.45, 2.75) is 6.54 Å². The van der Waals surface area contributed by atoms with Gasteiger partial charge in [-0.3, -0.25) is 9.69 Å². The van der Waals surface area contributed by atoms with Gasteiger partial charge in [-0.2, -0.15) is 4.98 Å². The van der Waals surface area contributed by atoms with E-state index >= 15 is 0 Å². The lowest BCUT2D eigenvalue weighted by atomic mass is 10.1. The number of amides is 1. The van der Waals surface area contributed by atoms with Gasteiger partial charge in [-0.15, -0.1) is 16.4 Å². The van der Waals surface area contributed by atoms with Crippen molar-refractivity contribution in [3.05, 3.63) is 59.5 Å². The van der Waals surface area contributed by atoms with Crippen LogP contribution in [0.3, 0.4) is 0 Å². The number of aromatic nitrogens is 6. The summed E-state index contributed by atoms with van der Waals surface area (Å²) in [6.07, 6.45) is 1.50. The molecule has 0 atom stereocenters. The second-order valence-corrected chi connectivity index (χ2v) is 7.81. The monoisotopic (exact) mass is 422 g/mol. The van der Waals surface area contributed by atoms with Crippen molar-refractivity contribution in [1.29, 1.82) is 0 Å². The summed E-state index contributed by atoms with van der Waals surface area (Å²) in [6.45, 7) is 3.39. The Morgan fingerprint density at radius 1 is 1.13 bits per heavy atom. The van der Waals surface area contributed by atoms with Crippen LogP contribution in [-0.4, -0.2) is 72.2 Å². The first-order valence-electron chi connectivity index (χ1n) is 9.48. The van der Waals surface area contributed by atoms with Gasteiger partial charge in [0.05, 0.1) is 17.1 Å². The van der Waals surface area contributed by atoms with Crippen LogP contribution in [0.4, 0.5) is 0 Å². The van der Waals surface area contributed by atoms with E-state index in [-0.39, 0.29) is 5.91 Å². The molecular formula is C19H18N8O2S. The molecule has 1 saturated heterocycles. The van der Waals surface area contributed by atoms with E-state index in [1.807, 2.05) is 40.6 Å². The summed E-state index contributed by atoms with van der Waals surface area (Å²) in [6, 6.07) is 11.2. The lowest BCUT2D eigenvalue weighted by Crippen LogP contribution is -2.48. The van der Waals surface area contributed by atoms with E-state index in [2.05, 4.69) is 30.6 Å². The van der Waals surface area contributed by atoms with Crippen LogP contribution in [0.1, 0.15) is 16.2 Å². The van der Waals surface area contributed by atoms with E-state index < -0.39 is 0 Å². The molecule has 30 heavy (non-hydrogen) atoms. The van der Waals surface area contributed by atoms with Gasteiger partial charge in [0.1, 0.15) is 6.33 Å². The largest absolute Gasteiger partial charge is 0.336 e. The van der Waals surface area contributed by atoms with Gasteiger partial charge in [-0.1, -0.05) is 17.3 Å². The molecule has 0 bridgehead atoms. The first kappa shape index (κ1) is 18.6. The zero-order valence-electron chi connectivity index (χ0n) is 16.0. The number of benzene rings is 1. The van der Waals surface area contributed by atoms with E-state index in [9.17, 15) is 4.79 Å². The van der Waals surface area contributed by atoms with E-state index in [1.54, 1.807) is 17.4 Å². The van der Waals surface area contributed by atoms with Crippen molar-refractivity contribution in [1.82, 2.24) is 40.1 Å². The van der Waals surface area contributed by atoms with Gasteiger partial charge in [-0.05, 0) is 40.1 Å². The molecule has 4 heterocycles. The molecule has 0 aliphatic carbocycles. The number of carbonyl (C=O) groups excluding carboxylic acids is 1. The standard InChI is InChI=1S/C19H18N8O2S/c28-19(14-3-1-4-15(11-14)27-13-20-23-24-27)26-8-6-25(7-9-26)12-17-21-18(29-22-17)16-5-2-10-30-16/h1-5,10-11,13H,6-9,12H2. The third kappa shape index (κ3) is 3.84. The molecule has 1 aliphatic rings. The van der Waals surface area contributed by atoms with Gasteiger partial charge in [0.25, 0.3) is 11.8 Å². The predicted molar refractivity (Wildman–Crippen MR) is 108 cm³/mol. The molecular weight excluding hydrogens is 404 g/mol. The third-order valence-corrected chi connectivity index (χ3v) is 5.79. The van der Waals surface area contributed by atoms with Crippen LogP contribution in [0.5, 0.6) is 0 Å². The number of tetrazole rings is 1. The van der Waals surface area contributed by atoms with Gasteiger partial charge in [-0.25, -0.2) is 4.68 Å². The molecule has 11 heteroatoms. The molecule has 1 aliphatic heterocycles. The molecule has 10 nitrogen and oxygen atoms in total. The minimum atomic E-state index is 0.00381. The fourth-order valence-electron chi connectivity index (χ4n) is 3.37. The van der Waals surface area contributed by atoms with Crippen molar-refractivity contribution in [2.75, 3.05) is 26.2 Å². The molecule has 0 unspecified atom stereocenters. The number of hydrogen-bond acceptors (Lipinski definition) is 9. The molecule has 1 aromatic carbocycles. The second-order valence-electron chi connectivity index (χ2n) is 6.87. The van der Waals surface area contributed by atoms with Crippen molar-refractivity contribution in [3.8, 4) is 16.5 Å². The van der Waals surface area contributed by atoms with Gasteiger partial charge >= 0.3 is 0 Å². The van der Waals surface area contributed by atoms with E-state index in [4.69, 9.17) is 4.52 Å². The summed E-state index contributed by atoms with van der Waals surface area (Å²) in [5, 5.41) is 17.2. The van der Waals surface area contributed by atoms with Crippen molar-refractivity contribution >= 4 is 17.2 Å². The molecule has 0 N–H and O–H groups in total. The SMILES string of the molecule is O=C(c1cccc(-n2cnnn2)c1)N1CCN(Cc2noc(-c3cccs3)n2)CC1. The highest BCUT2D eigenvalue weighted by Crippen LogP contribution is 2.23. The van der Waals surface area contributed by atoms with Crippen LogP contribution < -0.4 is 0 Å². The van der Waals surface area contributed by atoms with Gasteiger partial charge in [0, 0.05) is 31.7 Å². The average molecular weight is 422 g/mol. The highest BCUT2D eigenvalue weighted by molar-refractivity contribution is 7.13. The highest BCUT2D eigenvalue weighted by atomic mass is 32.1. The fraction of sp³-hybridized carbons (Fsp3) is 0.263. The number of piperazine rings is 1. The molecule has 4 aromatic rings. The summed E-state index contributed by atoms with van der Waals surface area (Å²) < 4.78 is 6.88. The molecule has 3 aromatic heterocycles. The zero-order chi connectivity index (χ0) is 20.3. The van der Waals surface area contributed by atoms with Gasteiger partial charge in [0.2, 0.25) is 0 Å². The van der Waals surface area contributed by atoms with E-state index in [0.717, 1.165) is 23.7 Å². The Balaban J connectivity index is 1.19. The highest BCUT2D eigenvalue weighted by Gasteiger charge is 2.23. The minimum Gasteiger partial charge on any atom is -0.336 e. The topological polar surface area (TPSA) is 106 Å². The maximum atomic E-state index is 12.9. The molecule has 1 fully saturated rings. The lowest BCUT2D eigenvalue weighted by Gasteiger charge is -2.34. The molecule has 0 spiro atoms. The maximum Gasteiger partial charge on any atom is 0.268 e. The molecule has 152 valence electrons. The van der Waals surface area contributed by atoms with Crippen molar-refractivity contribution < 1.29 is 9.32 Å². The first-order chi connectivity index (χ1) is 14.8. The Labute approximate surface area is 175 Å². The summed E-state index contributed by atoms with van der Waals surface area (Å²) in [7, 11) is 0. The van der Waals surface area contributed by atoms with Crippen LogP contribution in [0.15, 0.2) is 52.6 Å². The number of rotatable bonds is 5. The summed E-state index contributed by atoms with van der Waals surface area (Å²) in [5.74, 6) is 1.22. The summed E-state index contributed by atoms with van der Waals surface area (Å²) >= 11 is 1.57. The quantitative estimate of drug-likeness (QED) is 0.479. The van der Waals surface area contributed by atoms with Crippen LogP contribution in [0.2, 0.25) is 0 Å². The third-order valence-electron chi connectivity index (χ3n) is 4.93. The number of hydrogen-bond donors (Lipinski definition) is 0. The molecule has 5 rings (SSSR count). The van der Waals surface area contributed by atoms with Crippen molar-refractivity contribution in [2.24, 2.45) is 0 Å². The molecule has 1 amide bonds. The summed E-state index contributed by atoms with van der Waals surface area (Å²) in [4.78, 5) is 22.5. The summed E-state index contributed by atoms with van der Waals surface area (Å²) in [5.41, 5.74) is 1.37. The van der Waals surface area contributed by atoms with E-state index in [1.165, 1.54) is 11.0 Å². The Kier molecular flexibility index (Phi) is 5.03.